The summed E-state index contributed by atoms with van der Waals surface area (Å²) in [4.78, 5) is 0.0260. The number of hydrogen-bond donors (Lipinski definition) is 2. The summed E-state index contributed by atoms with van der Waals surface area (Å²) in [6.45, 7) is 5.22. The monoisotopic (exact) mass is 351 g/mol. The molecule has 2 bridgehead atoms. The number of nitrogens with zero attached hydrogens (tertiary/aromatic N) is 2. The van der Waals surface area contributed by atoms with Crippen molar-refractivity contribution in [1.82, 2.24) is 0 Å². The lowest BCUT2D eigenvalue weighted by Crippen LogP contribution is -2.48. The summed E-state index contributed by atoms with van der Waals surface area (Å²) in [5, 5.41) is 0. The van der Waals surface area contributed by atoms with E-state index in [4.69, 9.17) is 10.3 Å². The van der Waals surface area contributed by atoms with Crippen molar-refractivity contribution >= 4 is 10.1 Å². The highest BCUT2D eigenvalue weighted by molar-refractivity contribution is 7.86. The predicted molar refractivity (Wildman–Crippen MR) is 90.6 cm³/mol. The molecule has 0 saturated carbocycles. The number of aryl methyl sites for hydroxylation is 3. The Morgan fingerprint density at radius 3 is 1.92 bits per heavy atom. The van der Waals surface area contributed by atoms with Crippen LogP contribution in [0.5, 0.6) is 0 Å². The minimum Gasteiger partial charge on any atom is -0.506 e. The summed E-state index contributed by atoms with van der Waals surface area (Å²) < 4.78 is 32.4. The summed E-state index contributed by atoms with van der Waals surface area (Å²) in [6.07, 6.45) is 5.58. The molecule has 0 aromatic heterocycles. The van der Waals surface area contributed by atoms with Crippen LogP contribution in [0.2, 0.25) is 0 Å². The summed E-state index contributed by atoms with van der Waals surface area (Å²) in [5.74, 6) is 0. The lowest BCUT2D eigenvalue weighted by molar-refractivity contribution is -0.625. The fraction of sp³-hybridized carbons (Fsp3) is 0.647. The van der Waals surface area contributed by atoms with Crippen LogP contribution in [-0.2, 0) is 10.1 Å². The molecule has 6 nitrogen and oxygen atoms in total. The standard InChI is InChI=1S/C9H12O3S.C8H13N3/c1-6-4-7(2)9(8(3)5-6)13(10,11)12;9-6-5-7-1-3-8(6,4-2-7)11(7)10/h4-5H,1-3H3,(H,10,11,12);6H,1-5,9H2. The molecule has 3 saturated heterocycles. The van der Waals surface area contributed by atoms with E-state index in [-0.39, 0.29) is 22.0 Å². The van der Waals surface area contributed by atoms with Crippen molar-refractivity contribution < 1.29 is 17.7 Å². The van der Waals surface area contributed by atoms with Crippen LogP contribution in [0.3, 0.4) is 0 Å². The van der Waals surface area contributed by atoms with E-state index in [1.807, 2.05) is 6.92 Å². The minimum absolute atomic E-state index is 0. The third-order valence-electron chi connectivity index (χ3n) is 6.07. The van der Waals surface area contributed by atoms with E-state index in [0.717, 1.165) is 37.7 Å². The van der Waals surface area contributed by atoms with Crippen molar-refractivity contribution in [3.05, 3.63) is 34.4 Å². The Hall–Kier alpha value is -1.31. The molecule has 1 aromatic carbocycles. The smallest absolute Gasteiger partial charge is 0.295 e. The molecular formula is C17H25N3O3S. The normalized spacial score (nSPS) is 33.5. The van der Waals surface area contributed by atoms with Crippen LogP contribution in [0.15, 0.2) is 17.0 Å². The average molecular weight is 351 g/mol. The summed E-state index contributed by atoms with van der Waals surface area (Å²) in [5.41, 5.74) is 18.1. The second-order valence-electron chi connectivity index (χ2n) is 7.65. The van der Waals surface area contributed by atoms with Gasteiger partial charge in [0.1, 0.15) is 0 Å². The maximum absolute atomic E-state index is 10.9. The molecule has 0 amide bonds. The quantitative estimate of drug-likeness (QED) is 0.599. The van der Waals surface area contributed by atoms with Crippen LogP contribution >= 0.6 is 0 Å². The third-order valence-corrected chi connectivity index (χ3v) is 7.23. The Labute approximate surface area is 143 Å². The number of rotatable bonds is 1. The fourth-order valence-corrected chi connectivity index (χ4v) is 5.97. The summed E-state index contributed by atoms with van der Waals surface area (Å²) in [6, 6.07) is 3.70. The molecule has 0 aliphatic carbocycles. The van der Waals surface area contributed by atoms with Crippen LogP contribution in [0, 0.1) is 20.8 Å². The largest absolute Gasteiger partial charge is 0.506 e. The molecule has 132 valence electrons. The van der Waals surface area contributed by atoms with Crippen LogP contribution in [0.25, 0.3) is 5.53 Å². The second kappa shape index (κ2) is 5.34. The van der Waals surface area contributed by atoms with Gasteiger partial charge in [0.2, 0.25) is 0 Å². The average Bonchev–Trinajstić information content (AvgIpc) is 2.92. The highest BCUT2D eigenvalue weighted by Crippen LogP contribution is 2.60. The van der Waals surface area contributed by atoms with E-state index in [1.54, 1.807) is 30.7 Å². The molecule has 0 spiro atoms. The first-order valence-electron chi connectivity index (χ1n) is 8.32. The van der Waals surface area contributed by atoms with Crippen molar-refractivity contribution in [2.75, 3.05) is 0 Å². The molecule has 3 fully saturated rings. The van der Waals surface area contributed by atoms with Gasteiger partial charge in [-0.05, 0) is 31.9 Å². The molecule has 7 heteroatoms. The second-order valence-corrected chi connectivity index (χ2v) is 9.01. The Morgan fingerprint density at radius 2 is 1.67 bits per heavy atom. The van der Waals surface area contributed by atoms with Gasteiger partial charge < -0.3 is 16.0 Å². The van der Waals surface area contributed by atoms with Crippen molar-refractivity contribution in [2.45, 2.75) is 74.9 Å². The van der Waals surface area contributed by atoms with Crippen LogP contribution < -0.4 is 5.73 Å². The summed E-state index contributed by atoms with van der Waals surface area (Å²) in [7, 11) is -4.08. The van der Waals surface area contributed by atoms with Crippen LogP contribution in [0.4, 0.5) is 0 Å². The van der Waals surface area contributed by atoms with Crippen molar-refractivity contribution in [3.63, 3.8) is 0 Å². The zero-order chi connectivity index (χ0) is 17.9. The van der Waals surface area contributed by atoms with Gasteiger partial charge >= 0.3 is 0 Å². The zero-order valence-electron chi connectivity index (χ0n) is 14.4. The van der Waals surface area contributed by atoms with Crippen LogP contribution in [-0.4, -0.2) is 34.8 Å². The highest BCUT2D eigenvalue weighted by Gasteiger charge is 2.72. The Kier molecular flexibility index (Phi) is 3.90. The first kappa shape index (κ1) is 17.5. The van der Waals surface area contributed by atoms with E-state index in [9.17, 15) is 13.9 Å². The van der Waals surface area contributed by atoms with E-state index in [2.05, 4.69) is 0 Å². The first-order chi connectivity index (χ1) is 11.0. The van der Waals surface area contributed by atoms with Gasteiger partial charge in [0.05, 0.1) is 10.9 Å². The SMILES string of the molecule is Cc1cc(C)c(S(=O)(=O)O)c(C)c1.[N-]=[N+]1C23CCC1(CC2)C(N)C3. The molecule has 3 N–H and O–H groups in total. The van der Waals surface area contributed by atoms with Gasteiger partial charge in [0, 0.05) is 32.1 Å². The van der Waals surface area contributed by atoms with Gasteiger partial charge in [-0.2, -0.15) is 8.42 Å². The molecule has 4 rings (SSSR count). The van der Waals surface area contributed by atoms with Gasteiger partial charge in [-0.3, -0.25) is 4.55 Å². The number of nitrogens with two attached hydrogens (primary N) is 1. The summed E-state index contributed by atoms with van der Waals surface area (Å²) >= 11 is 0. The van der Waals surface area contributed by atoms with E-state index in [1.165, 1.54) is 0 Å². The molecule has 3 aliphatic heterocycles. The maximum atomic E-state index is 10.9. The van der Waals surface area contributed by atoms with Gasteiger partial charge in [0.25, 0.3) is 10.1 Å². The van der Waals surface area contributed by atoms with E-state index < -0.39 is 10.1 Å². The van der Waals surface area contributed by atoms with E-state index >= 15 is 0 Å². The predicted octanol–water partition coefficient (Wildman–Crippen LogP) is 2.68. The van der Waals surface area contributed by atoms with Gasteiger partial charge in [0.15, 0.2) is 11.1 Å². The van der Waals surface area contributed by atoms with Gasteiger partial charge in [-0.15, -0.1) is 0 Å². The fourth-order valence-electron chi connectivity index (χ4n) is 5.04. The minimum atomic E-state index is -4.08. The highest BCUT2D eigenvalue weighted by atomic mass is 32.2. The van der Waals surface area contributed by atoms with Crippen molar-refractivity contribution in [2.24, 2.45) is 5.73 Å². The third kappa shape index (κ3) is 2.41. The molecule has 24 heavy (non-hydrogen) atoms. The molecule has 3 aliphatic rings. The first-order valence-corrected chi connectivity index (χ1v) is 9.76. The van der Waals surface area contributed by atoms with Crippen molar-refractivity contribution in [3.8, 4) is 0 Å². The lowest BCUT2D eigenvalue weighted by Gasteiger charge is -2.30. The van der Waals surface area contributed by atoms with Gasteiger partial charge in [-0.1, -0.05) is 17.7 Å². The number of benzene rings is 1. The maximum Gasteiger partial charge on any atom is 0.295 e. The Morgan fingerprint density at radius 1 is 1.17 bits per heavy atom. The zero-order valence-corrected chi connectivity index (χ0v) is 15.2. The van der Waals surface area contributed by atoms with Crippen LogP contribution in [0.1, 0.15) is 48.8 Å². The number of hydrogen-bond acceptors (Lipinski definition) is 3. The lowest BCUT2D eigenvalue weighted by atomic mass is 9.68. The molecule has 3 heterocycles. The molecular weight excluding hydrogens is 326 g/mol. The molecule has 1 atom stereocenters. The van der Waals surface area contributed by atoms with E-state index in [0.29, 0.717) is 11.1 Å². The molecule has 1 unspecified atom stereocenters. The molecule has 0 radical (unpaired) electrons. The van der Waals surface area contributed by atoms with Gasteiger partial charge in [-0.25, -0.2) is 0 Å². The topological polar surface area (TPSA) is 106 Å². The Bertz CT molecular complexity index is 785. The van der Waals surface area contributed by atoms with Crippen molar-refractivity contribution in [1.29, 1.82) is 0 Å². The Balaban J connectivity index is 0.000000142. The molecule has 1 aromatic rings.